The molecule has 1 aromatic carbocycles. The van der Waals surface area contributed by atoms with Gasteiger partial charge < -0.3 is 5.73 Å². The molecule has 2 nitrogen and oxygen atoms in total. The Balaban J connectivity index is 2.15. The van der Waals surface area contributed by atoms with Gasteiger partial charge in [0.1, 0.15) is 5.82 Å². The molecule has 19 heavy (non-hydrogen) atoms. The summed E-state index contributed by atoms with van der Waals surface area (Å²) >= 11 is 5.86. The molecule has 2 atom stereocenters. The van der Waals surface area contributed by atoms with Crippen LogP contribution < -0.4 is 5.73 Å². The second-order valence-corrected chi connectivity index (χ2v) is 6.61. The number of piperidine rings is 1. The van der Waals surface area contributed by atoms with Crippen molar-refractivity contribution in [3.8, 4) is 0 Å². The lowest BCUT2D eigenvalue weighted by atomic mass is 9.79. The third kappa shape index (κ3) is 3.10. The van der Waals surface area contributed by atoms with Gasteiger partial charge in [-0.25, -0.2) is 4.39 Å². The molecule has 1 saturated heterocycles. The first-order chi connectivity index (χ1) is 8.81. The fourth-order valence-electron chi connectivity index (χ4n) is 2.73. The van der Waals surface area contributed by atoms with Crippen LogP contribution in [0.2, 0.25) is 5.02 Å². The molecule has 2 N–H and O–H groups in total. The Morgan fingerprint density at radius 1 is 1.47 bits per heavy atom. The number of benzene rings is 1. The Kier molecular flexibility index (Phi) is 4.19. The summed E-state index contributed by atoms with van der Waals surface area (Å²) in [6.07, 6.45) is 0.992. The number of hydrogen-bond acceptors (Lipinski definition) is 2. The minimum Gasteiger partial charge on any atom is -0.327 e. The molecule has 1 aromatic rings. The van der Waals surface area contributed by atoms with E-state index in [1.807, 2.05) is 6.07 Å². The fraction of sp³-hybridized carbons (Fsp3) is 0.600. The van der Waals surface area contributed by atoms with Gasteiger partial charge >= 0.3 is 0 Å². The van der Waals surface area contributed by atoms with Crippen molar-refractivity contribution in [1.82, 2.24) is 4.90 Å². The molecule has 1 fully saturated rings. The SMILES string of the molecule is CC(c1ccc(F)c(Cl)c1)N1CCC(N)C(C)(C)C1. The standard InChI is InChI=1S/C15H22ClFN2/c1-10(11-4-5-13(17)12(16)8-11)19-7-6-14(18)15(2,3)9-19/h4-5,8,10,14H,6-7,9,18H2,1-3H3. The van der Waals surface area contributed by atoms with Crippen molar-refractivity contribution >= 4 is 11.6 Å². The number of likely N-dealkylation sites (tertiary alicyclic amines) is 1. The summed E-state index contributed by atoms with van der Waals surface area (Å²) in [6.45, 7) is 8.46. The molecule has 0 saturated carbocycles. The highest BCUT2D eigenvalue weighted by Crippen LogP contribution is 2.33. The van der Waals surface area contributed by atoms with Crippen LogP contribution in [0, 0.1) is 11.2 Å². The van der Waals surface area contributed by atoms with Crippen LogP contribution in [-0.2, 0) is 0 Å². The molecule has 1 aliphatic rings. The predicted molar refractivity (Wildman–Crippen MR) is 77.8 cm³/mol. The second-order valence-electron chi connectivity index (χ2n) is 6.20. The highest BCUT2D eigenvalue weighted by Gasteiger charge is 2.35. The molecular formula is C15H22ClFN2. The Morgan fingerprint density at radius 2 is 2.16 bits per heavy atom. The molecule has 1 heterocycles. The summed E-state index contributed by atoms with van der Waals surface area (Å²) < 4.78 is 13.2. The summed E-state index contributed by atoms with van der Waals surface area (Å²) in [5, 5.41) is 0.192. The van der Waals surface area contributed by atoms with Gasteiger partial charge in [-0.05, 0) is 36.5 Å². The third-order valence-electron chi connectivity index (χ3n) is 4.32. The first kappa shape index (κ1) is 14.8. The van der Waals surface area contributed by atoms with Gasteiger partial charge in [0, 0.05) is 25.2 Å². The Labute approximate surface area is 119 Å². The molecule has 0 aliphatic carbocycles. The van der Waals surface area contributed by atoms with E-state index in [1.54, 1.807) is 6.07 Å². The number of nitrogens with two attached hydrogens (primary N) is 1. The van der Waals surface area contributed by atoms with E-state index in [0.29, 0.717) is 0 Å². The number of rotatable bonds is 2. The summed E-state index contributed by atoms with van der Waals surface area (Å²) in [5.41, 5.74) is 7.32. The van der Waals surface area contributed by atoms with Crippen LogP contribution in [0.5, 0.6) is 0 Å². The zero-order valence-corrected chi connectivity index (χ0v) is 12.5. The van der Waals surface area contributed by atoms with Gasteiger partial charge in [0.2, 0.25) is 0 Å². The maximum atomic E-state index is 13.2. The van der Waals surface area contributed by atoms with Crippen LogP contribution in [0.25, 0.3) is 0 Å². The van der Waals surface area contributed by atoms with Gasteiger partial charge in [-0.15, -0.1) is 0 Å². The topological polar surface area (TPSA) is 29.3 Å². The molecule has 106 valence electrons. The monoisotopic (exact) mass is 284 g/mol. The van der Waals surface area contributed by atoms with Crippen molar-refractivity contribution in [2.45, 2.75) is 39.3 Å². The molecule has 0 spiro atoms. The Hall–Kier alpha value is -0.640. The molecule has 2 unspecified atom stereocenters. The van der Waals surface area contributed by atoms with E-state index in [4.69, 9.17) is 17.3 Å². The van der Waals surface area contributed by atoms with Crippen LogP contribution in [0.4, 0.5) is 4.39 Å². The number of hydrogen-bond donors (Lipinski definition) is 1. The minimum absolute atomic E-state index is 0.107. The van der Waals surface area contributed by atoms with Gasteiger partial charge in [0.15, 0.2) is 0 Å². The van der Waals surface area contributed by atoms with Crippen molar-refractivity contribution in [2.75, 3.05) is 13.1 Å². The zero-order valence-electron chi connectivity index (χ0n) is 11.8. The van der Waals surface area contributed by atoms with Crippen LogP contribution in [-0.4, -0.2) is 24.0 Å². The van der Waals surface area contributed by atoms with Crippen LogP contribution in [0.15, 0.2) is 18.2 Å². The smallest absolute Gasteiger partial charge is 0.141 e. The lowest BCUT2D eigenvalue weighted by Crippen LogP contribution is -2.52. The highest BCUT2D eigenvalue weighted by molar-refractivity contribution is 6.30. The zero-order chi connectivity index (χ0) is 14.2. The fourth-order valence-corrected chi connectivity index (χ4v) is 2.92. The van der Waals surface area contributed by atoms with Crippen molar-refractivity contribution in [3.05, 3.63) is 34.6 Å². The quantitative estimate of drug-likeness (QED) is 0.899. The average molecular weight is 285 g/mol. The minimum atomic E-state index is -0.362. The third-order valence-corrected chi connectivity index (χ3v) is 4.61. The average Bonchev–Trinajstić information content (AvgIpc) is 2.35. The molecule has 0 amide bonds. The summed E-state index contributed by atoms with van der Waals surface area (Å²) in [6, 6.07) is 5.45. The van der Waals surface area contributed by atoms with Gasteiger partial charge in [0.05, 0.1) is 5.02 Å². The lowest BCUT2D eigenvalue weighted by molar-refractivity contribution is 0.0664. The first-order valence-corrected chi connectivity index (χ1v) is 7.13. The van der Waals surface area contributed by atoms with E-state index in [-0.39, 0.29) is 28.3 Å². The molecule has 0 bridgehead atoms. The van der Waals surface area contributed by atoms with E-state index in [1.165, 1.54) is 6.07 Å². The normalized spacial score (nSPS) is 25.3. The molecule has 0 radical (unpaired) electrons. The molecule has 2 rings (SSSR count). The second kappa shape index (κ2) is 5.39. The predicted octanol–water partition coefficient (Wildman–Crippen LogP) is 3.60. The largest absolute Gasteiger partial charge is 0.327 e. The number of halogens is 2. The van der Waals surface area contributed by atoms with Gasteiger partial charge in [0.25, 0.3) is 0 Å². The number of nitrogens with zero attached hydrogens (tertiary/aromatic N) is 1. The molecule has 0 aromatic heterocycles. The van der Waals surface area contributed by atoms with Crippen molar-refractivity contribution in [1.29, 1.82) is 0 Å². The van der Waals surface area contributed by atoms with Crippen molar-refractivity contribution in [3.63, 3.8) is 0 Å². The van der Waals surface area contributed by atoms with Crippen molar-refractivity contribution < 1.29 is 4.39 Å². The summed E-state index contributed by atoms with van der Waals surface area (Å²) in [7, 11) is 0. The summed E-state index contributed by atoms with van der Waals surface area (Å²) in [4.78, 5) is 2.40. The van der Waals surface area contributed by atoms with E-state index in [0.717, 1.165) is 25.1 Å². The van der Waals surface area contributed by atoms with Crippen molar-refractivity contribution in [2.24, 2.45) is 11.1 Å². The maximum absolute atomic E-state index is 13.2. The summed E-state index contributed by atoms with van der Waals surface area (Å²) in [5.74, 6) is -0.362. The maximum Gasteiger partial charge on any atom is 0.141 e. The van der Waals surface area contributed by atoms with Gasteiger partial charge in [-0.2, -0.15) is 0 Å². The van der Waals surface area contributed by atoms with Crippen LogP contribution >= 0.6 is 11.6 Å². The van der Waals surface area contributed by atoms with E-state index in [2.05, 4.69) is 25.7 Å². The van der Waals surface area contributed by atoms with E-state index < -0.39 is 0 Å². The molecule has 1 aliphatic heterocycles. The molecular weight excluding hydrogens is 263 g/mol. The Morgan fingerprint density at radius 3 is 2.74 bits per heavy atom. The van der Waals surface area contributed by atoms with Crippen LogP contribution in [0.3, 0.4) is 0 Å². The lowest BCUT2D eigenvalue weighted by Gasteiger charge is -2.45. The van der Waals surface area contributed by atoms with E-state index in [9.17, 15) is 4.39 Å². The molecule has 4 heteroatoms. The van der Waals surface area contributed by atoms with E-state index >= 15 is 0 Å². The van der Waals surface area contributed by atoms with Gasteiger partial charge in [-0.3, -0.25) is 4.90 Å². The van der Waals surface area contributed by atoms with Gasteiger partial charge in [-0.1, -0.05) is 31.5 Å². The first-order valence-electron chi connectivity index (χ1n) is 6.76. The van der Waals surface area contributed by atoms with Crippen LogP contribution in [0.1, 0.15) is 38.8 Å². The Bertz CT molecular complexity index is 461. The highest BCUT2D eigenvalue weighted by atomic mass is 35.5.